The van der Waals surface area contributed by atoms with Gasteiger partial charge in [-0.1, -0.05) is 38.0 Å². The van der Waals surface area contributed by atoms with Gasteiger partial charge in [0.15, 0.2) is 0 Å². The van der Waals surface area contributed by atoms with E-state index < -0.39 is 0 Å². The van der Waals surface area contributed by atoms with Gasteiger partial charge in [0.1, 0.15) is 0 Å². The molecule has 2 heteroatoms. The van der Waals surface area contributed by atoms with Crippen molar-refractivity contribution in [3.05, 3.63) is 41.4 Å². The van der Waals surface area contributed by atoms with E-state index in [0.717, 1.165) is 30.6 Å². The maximum Gasteiger partial charge on any atom is 0.0977 e. The standard InChI is InChI=1S/C26H36O2/c1-5-17-13-19-14-20(27)6-9-25(19,3)21-7-10-26(4)22(23(17)21)12-16(2)24(26)18-8-11-28-15-18/h8,11,13,15,17,20-23,27H,5-7,9-10,12,14H2,1-4H3/t17-,20-,21-,22-,23+,25-,26-/m0/s1. The highest BCUT2D eigenvalue weighted by atomic mass is 16.3. The third-order valence-corrected chi connectivity index (χ3v) is 9.44. The molecule has 0 saturated heterocycles. The second-order valence-corrected chi connectivity index (χ2v) is 10.7. The average molecular weight is 381 g/mol. The van der Waals surface area contributed by atoms with Crippen molar-refractivity contribution in [3.8, 4) is 0 Å². The maximum absolute atomic E-state index is 10.3. The van der Waals surface area contributed by atoms with Crippen LogP contribution in [-0.4, -0.2) is 11.2 Å². The number of aliphatic hydroxyl groups excluding tert-OH is 1. The number of aliphatic hydroxyl groups is 1. The lowest BCUT2D eigenvalue weighted by atomic mass is 9.45. The summed E-state index contributed by atoms with van der Waals surface area (Å²) >= 11 is 0. The molecule has 0 aromatic carbocycles. The molecule has 0 unspecified atom stereocenters. The Morgan fingerprint density at radius 1 is 1.11 bits per heavy atom. The van der Waals surface area contributed by atoms with Crippen molar-refractivity contribution in [3.63, 3.8) is 0 Å². The highest BCUT2D eigenvalue weighted by molar-refractivity contribution is 5.75. The molecule has 1 N–H and O–H groups in total. The normalized spacial score (nSPS) is 45.3. The van der Waals surface area contributed by atoms with Crippen LogP contribution in [0.2, 0.25) is 0 Å². The van der Waals surface area contributed by atoms with Crippen molar-refractivity contribution in [2.45, 2.75) is 78.7 Å². The van der Waals surface area contributed by atoms with Crippen LogP contribution < -0.4 is 0 Å². The Labute approximate surface area is 170 Å². The number of fused-ring (bicyclic) bond motifs is 5. The van der Waals surface area contributed by atoms with Gasteiger partial charge in [-0.05, 0) is 98.0 Å². The molecule has 1 aromatic heterocycles. The van der Waals surface area contributed by atoms with Gasteiger partial charge in [-0.2, -0.15) is 0 Å². The molecule has 7 atom stereocenters. The summed E-state index contributed by atoms with van der Waals surface area (Å²) in [5, 5.41) is 10.3. The van der Waals surface area contributed by atoms with Crippen LogP contribution in [0.3, 0.4) is 0 Å². The number of furan rings is 1. The lowest BCUT2D eigenvalue weighted by Crippen LogP contribution is -2.52. The molecule has 0 amide bonds. The molecule has 2 fully saturated rings. The van der Waals surface area contributed by atoms with Crippen molar-refractivity contribution < 1.29 is 9.52 Å². The minimum absolute atomic E-state index is 0.120. The van der Waals surface area contributed by atoms with E-state index in [9.17, 15) is 5.11 Å². The van der Waals surface area contributed by atoms with Crippen molar-refractivity contribution in [2.75, 3.05) is 0 Å². The number of hydrogen-bond acceptors (Lipinski definition) is 2. The van der Waals surface area contributed by atoms with Crippen molar-refractivity contribution in [1.82, 2.24) is 0 Å². The fourth-order valence-electron chi connectivity index (χ4n) is 8.11. The summed E-state index contributed by atoms with van der Waals surface area (Å²) in [5.41, 5.74) is 6.65. The molecule has 2 nitrogen and oxygen atoms in total. The molecule has 0 spiro atoms. The molecular weight excluding hydrogens is 344 g/mol. The van der Waals surface area contributed by atoms with Crippen LogP contribution in [-0.2, 0) is 0 Å². The van der Waals surface area contributed by atoms with E-state index in [4.69, 9.17) is 4.42 Å². The van der Waals surface area contributed by atoms with Crippen LogP contribution in [0.5, 0.6) is 0 Å². The molecule has 1 heterocycles. The van der Waals surface area contributed by atoms with Crippen LogP contribution in [0.4, 0.5) is 0 Å². The molecule has 28 heavy (non-hydrogen) atoms. The fraction of sp³-hybridized carbons (Fsp3) is 0.692. The van der Waals surface area contributed by atoms with Gasteiger partial charge in [-0.3, -0.25) is 0 Å². The second-order valence-electron chi connectivity index (χ2n) is 10.7. The summed E-state index contributed by atoms with van der Waals surface area (Å²) in [5.74, 6) is 2.95. The van der Waals surface area contributed by atoms with Gasteiger partial charge in [0.2, 0.25) is 0 Å². The average Bonchev–Trinajstić information content (AvgIpc) is 3.26. The predicted molar refractivity (Wildman–Crippen MR) is 114 cm³/mol. The molecule has 0 radical (unpaired) electrons. The Hall–Kier alpha value is -1.28. The van der Waals surface area contributed by atoms with Gasteiger partial charge in [-0.15, -0.1) is 0 Å². The van der Waals surface area contributed by atoms with Crippen LogP contribution in [0.1, 0.15) is 78.2 Å². The number of hydrogen-bond donors (Lipinski definition) is 1. The minimum atomic E-state index is -0.120. The van der Waals surface area contributed by atoms with Gasteiger partial charge in [0, 0.05) is 5.56 Å². The number of allylic oxidation sites excluding steroid dienone is 3. The second kappa shape index (κ2) is 6.36. The van der Waals surface area contributed by atoms with Gasteiger partial charge < -0.3 is 9.52 Å². The Bertz CT molecular complexity index is 815. The summed E-state index contributed by atoms with van der Waals surface area (Å²) in [6.07, 6.45) is 14.4. The Morgan fingerprint density at radius 2 is 1.89 bits per heavy atom. The number of rotatable bonds is 2. The zero-order valence-electron chi connectivity index (χ0n) is 18.0. The van der Waals surface area contributed by atoms with Gasteiger partial charge in [0.05, 0.1) is 18.6 Å². The van der Waals surface area contributed by atoms with Crippen molar-refractivity contribution in [2.24, 2.45) is 34.5 Å². The first-order valence-corrected chi connectivity index (χ1v) is 11.5. The molecule has 4 aliphatic rings. The first-order chi connectivity index (χ1) is 13.4. The summed E-state index contributed by atoms with van der Waals surface area (Å²) in [6.45, 7) is 9.82. The van der Waals surface area contributed by atoms with E-state index in [0.29, 0.717) is 11.3 Å². The van der Waals surface area contributed by atoms with Crippen molar-refractivity contribution >= 4 is 5.57 Å². The monoisotopic (exact) mass is 380 g/mol. The predicted octanol–water partition coefficient (Wildman–Crippen LogP) is 6.62. The van der Waals surface area contributed by atoms with Crippen LogP contribution in [0, 0.1) is 34.5 Å². The zero-order valence-corrected chi connectivity index (χ0v) is 18.0. The zero-order chi connectivity index (χ0) is 19.7. The third-order valence-electron chi connectivity index (χ3n) is 9.44. The van der Waals surface area contributed by atoms with Crippen LogP contribution in [0.15, 0.2) is 40.2 Å². The molecule has 0 bridgehead atoms. The summed E-state index contributed by atoms with van der Waals surface area (Å²) in [4.78, 5) is 0. The van der Waals surface area contributed by atoms with E-state index in [1.165, 1.54) is 37.7 Å². The van der Waals surface area contributed by atoms with E-state index >= 15 is 0 Å². The SMILES string of the molecule is CC[C@H]1C=C2C[C@@H](O)CC[C@]2(C)[C@H]2CC[C@]3(C)C(c4ccoc4)=C(C)C[C@H]3[C@H]12. The minimum Gasteiger partial charge on any atom is -0.472 e. The summed E-state index contributed by atoms with van der Waals surface area (Å²) < 4.78 is 5.48. The largest absolute Gasteiger partial charge is 0.472 e. The van der Waals surface area contributed by atoms with E-state index in [1.807, 2.05) is 12.5 Å². The highest BCUT2D eigenvalue weighted by Gasteiger charge is 2.59. The van der Waals surface area contributed by atoms with E-state index in [2.05, 4.69) is 39.8 Å². The first kappa shape index (κ1) is 18.7. The van der Waals surface area contributed by atoms with Gasteiger partial charge >= 0.3 is 0 Å². The van der Waals surface area contributed by atoms with Gasteiger partial charge in [0.25, 0.3) is 0 Å². The molecule has 4 aliphatic carbocycles. The molecule has 1 aromatic rings. The molecule has 5 rings (SSSR count). The molecule has 0 aliphatic heterocycles. The Kier molecular flexibility index (Phi) is 4.25. The maximum atomic E-state index is 10.3. The molecule has 2 saturated carbocycles. The Morgan fingerprint density at radius 3 is 2.61 bits per heavy atom. The Balaban J connectivity index is 1.57. The highest BCUT2D eigenvalue weighted by Crippen LogP contribution is 2.68. The molecular formula is C26H36O2. The lowest BCUT2D eigenvalue weighted by Gasteiger charge is -2.59. The summed E-state index contributed by atoms with van der Waals surface area (Å²) in [7, 11) is 0. The topological polar surface area (TPSA) is 33.4 Å². The lowest BCUT2D eigenvalue weighted by molar-refractivity contribution is -0.0467. The fourth-order valence-corrected chi connectivity index (χ4v) is 8.11. The quantitative estimate of drug-likeness (QED) is 0.585. The van der Waals surface area contributed by atoms with Crippen LogP contribution >= 0.6 is 0 Å². The third kappa shape index (κ3) is 2.43. The van der Waals surface area contributed by atoms with Gasteiger partial charge in [-0.25, -0.2) is 0 Å². The first-order valence-electron chi connectivity index (χ1n) is 11.5. The smallest absolute Gasteiger partial charge is 0.0977 e. The van der Waals surface area contributed by atoms with Crippen molar-refractivity contribution in [1.29, 1.82) is 0 Å². The molecule has 152 valence electrons. The summed E-state index contributed by atoms with van der Waals surface area (Å²) in [6, 6.07) is 2.17. The van der Waals surface area contributed by atoms with E-state index in [1.54, 1.807) is 16.7 Å². The van der Waals surface area contributed by atoms with E-state index in [-0.39, 0.29) is 11.5 Å². The van der Waals surface area contributed by atoms with Crippen LogP contribution in [0.25, 0.3) is 5.57 Å².